The molecule has 53 heavy (non-hydrogen) atoms. The quantitative estimate of drug-likeness (QED) is 0.241. The summed E-state index contributed by atoms with van der Waals surface area (Å²) in [5.74, 6) is -2.80. The van der Waals surface area contributed by atoms with E-state index in [1.165, 1.54) is 11.0 Å². The average molecular weight is 759 g/mol. The van der Waals surface area contributed by atoms with Gasteiger partial charge in [-0.15, -0.1) is 6.58 Å². The number of carbonyl (C=O) groups excluding carboxylic acids is 5. The van der Waals surface area contributed by atoms with Crippen LogP contribution in [0.25, 0.3) is 0 Å². The first kappa shape index (κ1) is 39.9. The topological polar surface area (TPSA) is 193 Å². The second-order valence-corrected chi connectivity index (χ2v) is 18.5. The number of ether oxygens (including phenoxy) is 2. The van der Waals surface area contributed by atoms with E-state index in [0.29, 0.717) is 18.5 Å². The number of alkyl carbamates (subject to hydrolysis) is 1. The van der Waals surface area contributed by atoms with Gasteiger partial charge in [-0.1, -0.05) is 39.0 Å². The molecule has 4 fully saturated rings. The Morgan fingerprint density at radius 3 is 2.23 bits per heavy atom. The number of para-hydroxylation sites is 2. The van der Waals surface area contributed by atoms with E-state index in [-0.39, 0.29) is 19.4 Å². The minimum absolute atomic E-state index is 0.110. The molecule has 0 radical (unpaired) electrons. The molecule has 1 aromatic carbocycles. The smallest absolute Gasteiger partial charge is 0.412 e. The molecule has 2 saturated carbocycles. The highest BCUT2D eigenvalue weighted by Crippen LogP contribution is 2.45. The van der Waals surface area contributed by atoms with Crippen LogP contribution in [0, 0.1) is 11.3 Å². The molecule has 2 aliphatic carbocycles. The van der Waals surface area contributed by atoms with Gasteiger partial charge < -0.3 is 29.9 Å². The predicted octanol–water partition coefficient (Wildman–Crippen LogP) is 3.80. The number of nitrogens with zero attached hydrogens (tertiary/aromatic N) is 2. The third kappa shape index (κ3) is 9.61. The number of carbonyl (C=O) groups is 5. The van der Waals surface area contributed by atoms with Gasteiger partial charge in [-0.05, 0) is 76.8 Å². The molecule has 2 saturated heterocycles. The molecule has 2 heterocycles. The highest BCUT2D eigenvalue weighted by molar-refractivity contribution is 7.91. The van der Waals surface area contributed by atoms with Crippen LogP contribution in [0.4, 0.5) is 21.0 Å². The van der Waals surface area contributed by atoms with Crippen LogP contribution in [-0.4, -0.2) is 97.4 Å². The van der Waals surface area contributed by atoms with Crippen LogP contribution in [0.15, 0.2) is 36.9 Å². The highest BCUT2D eigenvalue weighted by Gasteiger charge is 2.62. The van der Waals surface area contributed by atoms with Gasteiger partial charge in [-0.25, -0.2) is 18.0 Å². The van der Waals surface area contributed by atoms with E-state index < -0.39 is 85.8 Å². The number of piperidine rings is 1. The number of sulfonamides is 1. The number of likely N-dealkylation sites (tertiary alicyclic amines) is 1. The van der Waals surface area contributed by atoms with Crippen LogP contribution >= 0.6 is 0 Å². The summed E-state index contributed by atoms with van der Waals surface area (Å²) >= 11 is 0. The summed E-state index contributed by atoms with van der Waals surface area (Å²) in [6.45, 7) is 15.6. The molecule has 0 bridgehead atoms. The van der Waals surface area contributed by atoms with Crippen molar-refractivity contribution in [3.8, 4) is 0 Å². The minimum atomic E-state index is -3.92. The second kappa shape index (κ2) is 15.2. The fourth-order valence-corrected chi connectivity index (χ4v) is 8.28. The maximum Gasteiger partial charge on any atom is 0.412 e. The van der Waals surface area contributed by atoms with Crippen molar-refractivity contribution in [2.24, 2.45) is 11.3 Å². The van der Waals surface area contributed by atoms with Gasteiger partial charge in [0, 0.05) is 25.4 Å². The summed E-state index contributed by atoms with van der Waals surface area (Å²) in [5.41, 5.74) is -1.88. The SMILES string of the molecule is C=CC1C[C@]1(NC(=O)[C@@H]1C[C@@H](OC(=O)Nc2ccccc2N2CCCCC2)CN1C(=O)[C@@H](NC(=O)OC(C)(C)C)C(C)(C)C)C(=O)NS(=O)(=O)C1CC1. The first-order valence-corrected chi connectivity index (χ1v) is 19.9. The number of hydrogen-bond acceptors (Lipinski definition) is 10. The summed E-state index contributed by atoms with van der Waals surface area (Å²) in [6, 6.07) is 4.99. The molecule has 0 aromatic heterocycles. The maximum atomic E-state index is 14.4. The van der Waals surface area contributed by atoms with Crippen molar-refractivity contribution < 1.29 is 41.9 Å². The van der Waals surface area contributed by atoms with Crippen molar-refractivity contribution in [3.63, 3.8) is 0 Å². The van der Waals surface area contributed by atoms with Gasteiger partial charge in [-0.3, -0.25) is 24.4 Å². The van der Waals surface area contributed by atoms with E-state index in [4.69, 9.17) is 9.47 Å². The Morgan fingerprint density at radius 1 is 0.981 bits per heavy atom. The Kier molecular flexibility index (Phi) is 11.4. The fraction of sp³-hybridized carbons (Fsp3) is 0.649. The molecular weight excluding hydrogens is 705 g/mol. The molecule has 15 nitrogen and oxygen atoms in total. The van der Waals surface area contributed by atoms with Gasteiger partial charge in [0.1, 0.15) is 29.3 Å². The molecule has 5 amide bonds. The molecule has 16 heteroatoms. The number of amides is 5. The van der Waals surface area contributed by atoms with Crippen molar-refractivity contribution in [2.75, 3.05) is 29.9 Å². The average Bonchev–Trinajstić information content (AvgIpc) is 3.99. The first-order chi connectivity index (χ1) is 24.7. The Morgan fingerprint density at radius 2 is 1.64 bits per heavy atom. The Labute approximate surface area is 312 Å². The van der Waals surface area contributed by atoms with Gasteiger partial charge in [0.25, 0.3) is 5.91 Å². The molecule has 2 aliphatic heterocycles. The van der Waals surface area contributed by atoms with Crippen molar-refractivity contribution >= 4 is 51.3 Å². The van der Waals surface area contributed by atoms with Crippen molar-refractivity contribution in [1.29, 1.82) is 0 Å². The van der Waals surface area contributed by atoms with Crippen LogP contribution in [-0.2, 0) is 33.9 Å². The molecule has 5 rings (SSSR count). The molecule has 292 valence electrons. The largest absolute Gasteiger partial charge is 0.444 e. The third-order valence-corrected chi connectivity index (χ3v) is 11.8. The number of rotatable bonds is 11. The maximum absolute atomic E-state index is 14.4. The van der Waals surface area contributed by atoms with Gasteiger partial charge in [-0.2, -0.15) is 0 Å². The van der Waals surface area contributed by atoms with Crippen LogP contribution in [0.2, 0.25) is 0 Å². The van der Waals surface area contributed by atoms with E-state index in [1.54, 1.807) is 53.7 Å². The molecule has 5 atom stereocenters. The van der Waals surface area contributed by atoms with Gasteiger partial charge >= 0.3 is 12.2 Å². The predicted molar refractivity (Wildman–Crippen MR) is 198 cm³/mol. The Bertz CT molecular complexity index is 1710. The number of hydrogen-bond donors (Lipinski definition) is 4. The van der Waals surface area contributed by atoms with Gasteiger partial charge in [0.15, 0.2) is 0 Å². The number of benzene rings is 1. The fourth-order valence-electron chi connectivity index (χ4n) is 6.91. The van der Waals surface area contributed by atoms with E-state index in [2.05, 4.69) is 32.2 Å². The summed E-state index contributed by atoms with van der Waals surface area (Å²) < 4.78 is 38.7. The lowest BCUT2D eigenvalue weighted by molar-refractivity contribution is -0.143. The monoisotopic (exact) mass is 758 g/mol. The van der Waals surface area contributed by atoms with E-state index in [9.17, 15) is 32.4 Å². The van der Waals surface area contributed by atoms with Crippen molar-refractivity contribution in [3.05, 3.63) is 36.9 Å². The molecular formula is C37H54N6O9S. The third-order valence-electron chi connectivity index (χ3n) is 9.98. The Hall–Kier alpha value is -4.34. The van der Waals surface area contributed by atoms with Crippen molar-refractivity contribution in [1.82, 2.24) is 20.3 Å². The van der Waals surface area contributed by atoms with Crippen LogP contribution < -0.4 is 25.6 Å². The summed E-state index contributed by atoms with van der Waals surface area (Å²) in [6.07, 6.45) is 3.01. The van der Waals surface area contributed by atoms with Crippen LogP contribution in [0.3, 0.4) is 0 Å². The number of nitrogens with one attached hydrogen (secondary N) is 4. The summed E-state index contributed by atoms with van der Waals surface area (Å²) in [7, 11) is -3.92. The first-order valence-electron chi connectivity index (χ1n) is 18.4. The zero-order valence-corrected chi connectivity index (χ0v) is 32.3. The van der Waals surface area contributed by atoms with Gasteiger partial charge in [0.05, 0.1) is 23.2 Å². The lowest BCUT2D eigenvalue weighted by atomic mass is 9.85. The lowest BCUT2D eigenvalue weighted by Gasteiger charge is -2.36. The number of anilines is 2. The van der Waals surface area contributed by atoms with E-state index in [0.717, 1.165) is 38.0 Å². The van der Waals surface area contributed by atoms with Gasteiger partial charge in [0.2, 0.25) is 21.8 Å². The molecule has 4 aliphatic rings. The molecule has 1 unspecified atom stereocenters. The molecule has 0 spiro atoms. The normalized spacial score (nSPS) is 25.1. The second-order valence-electron chi connectivity index (χ2n) is 16.6. The standard InChI is InChI=1S/C37H54N6O9S/c1-8-23-21-37(23,32(46)41-53(49,50)25-16-17-25)40-30(44)28-20-24(22-43(28)31(45)29(35(2,3)4)39-34(48)52-36(5,6)7)51-33(47)38-26-14-10-11-15-27(26)42-18-12-9-13-19-42/h8,10-11,14-15,23-25,28-29H,1,9,12-13,16-22H2,2-7H3,(H,38,47)(H,39,48)(H,40,44)(H,41,46)/t23?,24-,28+,29-,37-/m1/s1. The zero-order chi connectivity index (χ0) is 38.9. The molecule has 1 aromatic rings. The molecule has 4 N–H and O–H groups in total. The van der Waals surface area contributed by atoms with E-state index >= 15 is 0 Å². The van der Waals surface area contributed by atoms with E-state index in [1.807, 2.05) is 12.1 Å². The van der Waals surface area contributed by atoms with Crippen molar-refractivity contribution in [2.45, 2.75) is 121 Å². The zero-order valence-electron chi connectivity index (χ0n) is 31.5. The van der Waals surface area contributed by atoms with Crippen LogP contribution in [0.1, 0.15) is 86.5 Å². The Balaban J connectivity index is 1.38. The highest BCUT2D eigenvalue weighted by atomic mass is 32.2. The minimum Gasteiger partial charge on any atom is -0.444 e. The summed E-state index contributed by atoms with van der Waals surface area (Å²) in [5, 5.41) is 7.56. The lowest BCUT2D eigenvalue weighted by Crippen LogP contribution is -2.60. The summed E-state index contributed by atoms with van der Waals surface area (Å²) in [4.78, 5) is 71.7. The van der Waals surface area contributed by atoms with Crippen LogP contribution in [0.5, 0.6) is 0 Å².